The molecule has 1 amide bonds. The van der Waals surface area contributed by atoms with Crippen molar-refractivity contribution < 1.29 is 9.53 Å². The van der Waals surface area contributed by atoms with E-state index in [1.54, 1.807) is 0 Å². The molecule has 0 aliphatic rings. The lowest BCUT2D eigenvalue weighted by molar-refractivity contribution is 0.0514. The number of alkyl carbamates (subject to hydrolysis) is 1. The molecule has 132 valence electrons. The molecule has 1 rings (SSSR count). The number of nitriles is 1. The van der Waals surface area contributed by atoms with Crippen molar-refractivity contribution in [3.63, 3.8) is 0 Å². The lowest BCUT2D eigenvalue weighted by atomic mass is 9.88. The first-order chi connectivity index (χ1) is 11.1. The summed E-state index contributed by atoms with van der Waals surface area (Å²) in [6.45, 7) is 11.9. The van der Waals surface area contributed by atoms with Crippen LogP contribution in [0.25, 0.3) is 0 Å². The van der Waals surface area contributed by atoms with Gasteiger partial charge >= 0.3 is 6.09 Å². The van der Waals surface area contributed by atoms with Crippen LogP contribution >= 0.6 is 0 Å². The zero-order valence-electron chi connectivity index (χ0n) is 15.5. The largest absolute Gasteiger partial charge is 0.444 e. The minimum absolute atomic E-state index is 0.0389. The molecule has 0 spiro atoms. The number of nitrogens with zero attached hydrogens (tertiary/aromatic N) is 1. The predicted octanol–water partition coefficient (Wildman–Crippen LogP) is 4.10. The van der Waals surface area contributed by atoms with Crippen LogP contribution in [0, 0.1) is 30.1 Å². The van der Waals surface area contributed by atoms with Crippen molar-refractivity contribution in [2.75, 3.05) is 11.9 Å². The number of anilines is 1. The van der Waals surface area contributed by atoms with Crippen LogP contribution in [0.1, 0.15) is 40.2 Å². The number of hydrogen-bond donors (Lipinski definition) is 2. The van der Waals surface area contributed by atoms with E-state index in [1.165, 1.54) is 0 Å². The van der Waals surface area contributed by atoms with Crippen LogP contribution in [0.4, 0.5) is 10.5 Å². The van der Waals surface area contributed by atoms with Gasteiger partial charge in [-0.05, 0) is 51.3 Å². The summed E-state index contributed by atoms with van der Waals surface area (Å²) >= 11 is 0. The van der Waals surface area contributed by atoms with Crippen LogP contribution in [-0.4, -0.2) is 24.3 Å². The summed E-state index contributed by atoms with van der Waals surface area (Å²) in [6, 6.07) is 9.83. The summed E-state index contributed by atoms with van der Waals surface area (Å²) in [5.41, 5.74) is 1.50. The quantitative estimate of drug-likeness (QED) is 0.823. The number of benzene rings is 1. The van der Waals surface area contributed by atoms with E-state index < -0.39 is 17.7 Å². The lowest BCUT2D eigenvalue weighted by Crippen LogP contribution is -2.42. The summed E-state index contributed by atoms with van der Waals surface area (Å²) < 4.78 is 5.26. The monoisotopic (exact) mass is 331 g/mol. The molecule has 0 saturated carbocycles. The lowest BCUT2D eigenvalue weighted by Gasteiger charge is -2.28. The van der Waals surface area contributed by atoms with Crippen molar-refractivity contribution in [3.8, 4) is 6.07 Å². The Kier molecular flexibility index (Phi) is 7.09. The number of aryl methyl sites for hydroxylation is 1. The highest BCUT2D eigenvalue weighted by Crippen LogP contribution is 2.20. The van der Waals surface area contributed by atoms with Crippen molar-refractivity contribution >= 4 is 11.8 Å². The van der Waals surface area contributed by atoms with Gasteiger partial charge < -0.3 is 15.4 Å². The molecule has 5 nitrogen and oxygen atoms in total. The molecule has 24 heavy (non-hydrogen) atoms. The Balaban J connectivity index is 2.74. The van der Waals surface area contributed by atoms with E-state index in [1.807, 2.05) is 65.8 Å². The smallest absolute Gasteiger partial charge is 0.407 e. The second-order valence-electron chi connectivity index (χ2n) is 7.41. The molecule has 0 bridgehead atoms. The molecule has 0 aliphatic carbocycles. The number of amides is 1. The third kappa shape index (κ3) is 6.91. The maximum Gasteiger partial charge on any atom is 0.407 e. The highest BCUT2D eigenvalue weighted by atomic mass is 16.6. The summed E-state index contributed by atoms with van der Waals surface area (Å²) in [7, 11) is 0. The average molecular weight is 331 g/mol. The molecule has 0 heterocycles. The fourth-order valence-corrected chi connectivity index (χ4v) is 2.40. The molecular formula is C19H29N3O2. The van der Waals surface area contributed by atoms with Gasteiger partial charge in [-0.25, -0.2) is 4.79 Å². The molecule has 2 unspecified atom stereocenters. The highest BCUT2D eigenvalue weighted by Gasteiger charge is 2.26. The Morgan fingerprint density at radius 3 is 2.50 bits per heavy atom. The van der Waals surface area contributed by atoms with Gasteiger partial charge in [-0.3, -0.25) is 0 Å². The summed E-state index contributed by atoms with van der Waals surface area (Å²) in [4.78, 5) is 11.9. The van der Waals surface area contributed by atoms with Crippen LogP contribution in [-0.2, 0) is 4.74 Å². The average Bonchev–Trinajstić information content (AvgIpc) is 2.44. The third-order valence-corrected chi connectivity index (χ3v) is 3.64. The minimum atomic E-state index is -0.536. The van der Waals surface area contributed by atoms with Crippen LogP contribution in [0.15, 0.2) is 24.3 Å². The Hall–Kier alpha value is -2.22. The maximum atomic E-state index is 11.9. The summed E-state index contributed by atoms with van der Waals surface area (Å²) in [6.07, 6.45) is -0.458. The number of carbonyl (C=O) groups is 1. The fraction of sp³-hybridized carbons (Fsp3) is 0.579. The Morgan fingerprint density at radius 2 is 2.00 bits per heavy atom. The first kappa shape index (κ1) is 19.8. The van der Waals surface area contributed by atoms with Crippen molar-refractivity contribution in [1.82, 2.24) is 5.32 Å². The first-order valence-electron chi connectivity index (χ1n) is 8.32. The number of nitrogens with one attached hydrogen (secondary N) is 2. The van der Waals surface area contributed by atoms with Crippen LogP contribution < -0.4 is 10.6 Å². The Morgan fingerprint density at radius 1 is 1.33 bits per heavy atom. The molecule has 1 aromatic carbocycles. The summed E-state index contributed by atoms with van der Waals surface area (Å²) in [5.74, 6) is 0.185. The molecule has 0 radical (unpaired) electrons. The van der Waals surface area contributed by atoms with Gasteiger partial charge in [-0.15, -0.1) is 0 Å². The van der Waals surface area contributed by atoms with Gasteiger partial charge in [0.25, 0.3) is 0 Å². The molecule has 1 aromatic rings. The molecule has 2 atom stereocenters. The molecule has 0 aromatic heterocycles. The van der Waals surface area contributed by atoms with E-state index in [2.05, 4.69) is 16.7 Å². The molecule has 0 fully saturated rings. The predicted molar refractivity (Wildman–Crippen MR) is 96.8 cm³/mol. The maximum absolute atomic E-state index is 11.9. The zero-order valence-corrected chi connectivity index (χ0v) is 15.5. The second kappa shape index (κ2) is 8.58. The fourth-order valence-electron chi connectivity index (χ4n) is 2.40. The molecule has 5 heteroatoms. The molecule has 2 N–H and O–H groups in total. The minimum Gasteiger partial charge on any atom is -0.444 e. The highest BCUT2D eigenvalue weighted by molar-refractivity contribution is 5.67. The Bertz CT molecular complexity index is 585. The third-order valence-electron chi connectivity index (χ3n) is 3.64. The van der Waals surface area contributed by atoms with Crippen LogP contribution in [0.2, 0.25) is 0 Å². The summed E-state index contributed by atoms with van der Waals surface area (Å²) in [5, 5.41) is 15.6. The topological polar surface area (TPSA) is 74.2 Å². The zero-order chi connectivity index (χ0) is 18.3. The molecule has 0 saturated heterocycles. The van der Waals surface area contributed by atoms with Crippen molar-refractivity contribution in [3.05, 3.63) is 29.8 Å². The van der Waals surface area contributed by atoms with Crippen LogP contribution in [0.3, 0.4) is 0 Å². The number of hydrogen-bond acceptors (Lipinski definition) is 4. The van der Waals surface area contributed by atoms with E-state index in [9.17, 15) is 10.1 Å². The molecule has 0 aliphatic heterocycles. The second-order valence-corrected chi connectivity index (χ2v) is 7.41. The van der Waals surface area contributed by atoms with Gasteiger partial charge in [0.1, 0.15) is 11.6 Å². The van der Waals surface area contributed by atoms with Gasteiger partial charge in [0.05, 0.1) is 6.07 Å². The van der Waals surface area contributed by atoms with E-state index in [0.29, 0.717) is 6.54 Å². The van der Waals surface area contributed by atoms with Gasteiger partial charge in [-0.2, -0.15) is 5.26 Å². The van der Waals surface area contributed by atoms with Gasteiger partial charge in [0.15, 0.2) is 0 Å². The number of rotatable bonds is 6. The van der Waals surface area contributed by atoms with E-state index in [4.69, 9.17) is 4.74 Å². The van der Waals surface area contributed by atoms with Gasteiger partial charge in [-0.1, -0.05) is 26.0 Å². The SMILES string of the molecule is Cc1cccc(NC(C#N)C(CNC(=O)OC(C)(C)C)C(C)C)c1. The normalized spacial score (nSPS) is 13.8. The van der Waals surface area contributed by atoms with E-state index in [-0.39, 0.29) is 11.8 Å². The van der Waals surface area contributed by atoms with Crippen molar-refractivity contribution in [1.29, 1.82) is 5.26 Å². The van der Waals surface area contributed by atoms with Crippen molar-refractivity contribution in [2.24, 2.45) is 11.8 Å². The van der Waals surface area contributed by atoms with Gasteiger partial charge in [0, 0.05) is 18.2 Å². The van der Waals surface area contributed by atoms with Crippen molar-refractivity contribution in [2.45, 2.75) is 53.2 Å². The first-order valence-corrected chi connectivity index (χ1v) is 8.32. The molecular weight excluding hydrogens is 302 g/mol. The number of ether oxygens (including phenoxy) is 1. The standard InChI is InChI=1S/C19H29N3O2/c1-13(2)16(12-21-18(23)24-19(4,5)6)17(11-20)22-15-9-7-8-14(3)10-15/h7-10,13,16-17,22H,12H2,1-6H3,(H,21,23). The van der Waals surface area contributed by atoms with Gasteiger partial charge in [0.2, 0.25) is 0 Å². The van der Waals surface area contributed by atoms with E-state index in [0.717, 1.165) is 11.3 Å². The van der Waals surface area contributed by atoms with E-state index >= 15 is 0 Å². The van der Waals surface area contributed by atoms with Crippen LogP contribution in [0.5, 0.6) is 0 Å². The Labute approximate surface area is 145 Å². The number of carbonyl (C=O) groups excluding carboxylic acids is 1.